The molecule has 0 fully saturated rings. The summed E-state index contributed by atoms with van der Waals surface area (Å²) >= 11 is 3.93. The second kappa shape index (κ2) is 17.0. The van der Waals surface area contributed by atoms with Crippen molar-refractivity contribution in [1.82, 2.24) is 29.6 Å². The minimum atomic E-state index is 1.07. The van der Waals surface area contributed by atoms with E-state index in [0.717, 1.165) is 99.4 Å². The maximum absolute atomic E-state index is 5.00. The van der Waals surface area contributed by atoms with Crippen LogP contribution in [0, 0.1) is 20.8 Å². The third-order valence-corrected chi connectivity index (χ3v) is 10.2. The highest BCUT2D eigenvalue weighted by molar-refractivity contribution is 7.99. The smallest absolute Gasteiger partial charge is 0.0767 e. The molecule has 0 spiro atoms. The van der Waals surface area contributed by atoms with E-state index < -0.39 is 0 Å². The summed E-state index contributed by atoms with van der Waals surface area (Å²) in [6.07, 6.45) is 0. The molecule has 41 heavy (non-hydrogen) atoms. The Morgan fingerprint density at radius 3 is 1.32 bits per heavy atom. The number of hydrogen-bond donors (Lipinski definition) is 0. The van der Waals surface area contributed by atoms with Crippen LogP contribution in [0.4, 0.5) is 0 Å². The number of aromatic nitrogens is 2. The van der Waals surface area contributed by atoms with E-state index in [4.69, 9.17) is 9.97 Å². The van der Waals surface area contributed by atoms with Crippen molar-refractivity contribution in [3.05, 3.63) is 35.2 Å². The van der Waals surface area contributed by atoms with Crippen LogP contribution >= 0.6 is 23.5 Å². The Balaban J connectivity index is 1.77. The summed E-state index contributed by atoms with van der Waals surface area (Å²) in [6.45, 7) is 26.5. The van der Waals surface area contributed by atoms with Gasteiger partial charge in [0.05, 0.1) is 11.0 Å². The lowest BCUT2D eigenvalue weighted by atomic mass is 10.0. The van der Waals surface area contributed by atoms with Gasteiger partial charge in [-0.1, -0.05) is 27.7 Å². The fourth-order valence-corrected chi connectivity index (χ4v) is 7.58. The molecule has 0 aliphatic rings. The Morgan fingerprint density at radius 1 is 0.561 bits per heavy atom. The molecule has 0 N–H and O–H groups in total. The molecule has 0 unspecified atom stereocenters. The molecule has 0 atom stereocenters. The monoisotopic (exact) mass is 598 g/mol. The van der Waals surface area contributed by atoms with Crippen LogP contribution in [0.5, 0.6) is 0 Å². The fraction of sp³-hybridized carbons (Fsp3) is 0.636. The van der Waals surface area contributed by atoms with Crippen LogP contribution in [-0.4, -0.2) is 121 Å². The summed E-state index contributed by atoms with van der Waals surface area (Å²) in [6, 6.07) is 6.91. The number of likely N-dealkylation sites (N-methyl/N-ethyl adjacent to an activating group) is 4. The molecule has 2 heterocycles. The summed E-state index contributed by atoms with van der Waals surface area (Å²) in [7, 11) is 4.49. The highest BCUT2D eigenvalue weighted by atomic mass is 32.2. The average Bonchev–Trinajstić information content (AvgIpc) is 2.95. The van der Waals surface area contributed by atoms with E-state index in [-0.39, 0.29) is 0 Å². The summed E-state index contributed by atoms with van der Waals surface area (Å²) in [5.41, 5.74) is 5.54. The second-order valence-electron chi connectivity index (χ2n) is 11.2. The zero-order valence-electron chi connectivity index (χ0n) is 27.2. The lowest BCUT2D eigenvalue weighted by Gasteiger charge is -2.23. The van der Waals surface area contributed by atoms with E-state index in [2.05, 4.69) is 100 Å². The minimum absolute atomic E-state index is 1.07. The molecule has 0 aliphatic heterocycles. The van der Waals surface area contributed by atoms with Gasteiger partial charge < -0.3 is 19.6 Å². The Hall–Kier alpha value is -1.42. The molecule has 1 aromatic carbocycles. The van der Waals surface area contributed by atoms with E-state index in [1.165, 1.54) is 26.1 Å². The van der Waals surface area contributed by atoms with Gasteiger partial charge in [-0.3, -0.25) is 9.97 Å². The highest BCUT2D eigenvalue weighted by Gasteiger charge is 2.15. The Bertz CT molecular complexity index is 1150. The molecule has 6 nitrogen and oxygen atoms in total. The Kier molecular flexibility index (Phi) is 14.1. The third kappa shape index (κ3) is 9.80. The van der Waals surface area contributed by atoms with E-state index >= 15 is 0 Å². The number of benzene rings is 1. The van der Waals surface area contributed by atoms with Gasteiger partial charge in [0.15, 0.2) is 0 Å². The first kappa shape index (κ1) is 34.1. The third-order valence-electron chi connectivity index (χ3n) is 8.14. The number of aryl methyl sites for hydroxylation is 3. The SMILES string of the molecule is CCN(CC)CCN(C)CCSc1cc(C)nc2c(C)c3nc(C)cc(SCCN(C)CCN(CC)CC)c3cc12. The van der Waals surface area contributed by atoms with Gasteiger partial charge >= 0.3 is 0 Å². The molecule has 2 aromatic heterocycles. The number of fused-ring (bicyclic) bond motifs is 2. The molecule has 0 radical (unpaired) electrons. The molecule has 0 saturated carbocycles. The molecular weight excluding hydrogens is 545 g/mol. The second-order valence-corrected chi connectivity index (χ2v) is 13.4. The molecule has 228 valence electrons. The van der Waals surface area contributed by atoms with Crippen molar-refractivity contribution < 1.29 is 0 Å². The lowest BCUT2D eigenvalue weighted by Crippen LogP contribution is -2.34. The van der Waals surface area contributed by atoms with Crippen molar-refractivity contribution in [3.8, 4) is 0 Å². The average molecular weight is 599 g/mol. The predicted molar refractivity (Wildman–Crippen MR) is 183 cm³/mol. The van der Waals surface area contributed by atoms with E-state index in [1.807, 2.05) is 23.5 Å². The Morgan fingerprint density at radius 2 is 0.951 bits per heavy atom. The molecule has 0 saturated heterocycles. The zero-order chi connectivity index (χ0) is 29.9. The van der Waals surface area contributed by atoms with Gasteiger partial charge in [0.1, 0.15) is 0 Å². The lowest BCUT2D eigenvalue weighted by molar-refractivity contribution is 0.247. The van der Waals surface area contributed by atoms with Gasteiger partial charge in [-0.05, 0) is 79.2 Å². The van der Waals surface area contributed by atoms with Crippen LogP contribution in [0.15, 0.2) is 28.0 Å². The van der Waals surface area contributed by atoms with Crippen molar-refractivity contribution >= 4 is 45.3 Å². The number of pyridine rings is 2. The fourth-order valence-electron chi connectivity index (χ4n) is 5.20. The van der Waals surface area contributed by atoms with Crippen molar-refractivity contribution in [2.24, 2.45) is 0 Å². The quantitative estimate of drug-likeness (QED) is 0.122. The van der Waals surface area contributed by atoms with Gasteiger partial charge in [-0.2, -0.15) is 0 Å². The van der Waals surface area contributed by atoms with Gasteiger partial charge in [-0.15, -0.1) is 23.5 Å². The Labute approximate surface area is 258 Å². The minimum Gasteiger partial charge on any atom is -0.304 e. The van der Waals surface area contributed by atoms with E-state index in [0.29, 0.717) is 0 Å². The van der Waals surface area contributed by atoms with Crippen LogP contribution in [0.1, 0.15) is 44.6 Å². The van der Waals surface area contributed by atoms with Crippen LogP contribution in [-0.2, 0) is 0 Å². The van der Waals surface area contributed by atoms with Crippen molar-refractivity contribution in [2.75, 3.05) is 91.0 Å². The highest BCUT2D eigenvalue weighted by Crippen LogP contribution is 2.37. The van der Waals surface area contributed by atoms with Crippen LogP contribution in [0.2, 0.25) is 0 Å². The van der Waals surface area contributed by atoms with Crippen molar-refractivity contribution in [2.45, 2.75) is 58.3 Å². The summed E-state index contributed by atoms with van der Waals surface area (Å²) in [5, 5.41) is 2.53. The normalized spacial score (nSPS) is 12.3. The maximum Gasteiger partial charge on any atom is 0.0767 e. The van der Waals surface area contributed by atoms with Crippen LogP contribution < -0.4 is 0 Å². The summed E-state index contributed by atoms with van der Waals surface area (Å²) < 4.78 is 0. The first-order valence-corrected chi connectivity index (χ1v) is 17.5. The topological polar surface area (TPSA) is 38.7 Å². The summed E-state index contributed by atoms with van der Waals surface area (Å²) in [5.74, 6) is 2.13. The molecular formula is C33H54N6S2. The van der Waals surface area contributed by atoms with Gasteiger partial charge in [-0.25, -0.2) is 0 Å². The van der Waals surface area contributed by atoms with Gasteiger partial charge in [0.25, 0.3) is 0 Å². The molecule has 8 heteroatoms. The predicted octanol–water partition coefficient (Wildman–Crippen LogP) is 6.44. The zero-order valence-corrected chi connectivity index (χ0v) is 28.9. The number of nitrogens with zero attached hydrogens (tertiary/aromatic N) is 6. The van der Waals surface area contributed by atoms with Gasteiger partial charge in [0.2, 0.25) is 0 Å². The number of hydrogen-bond acceptors (Lipinski definition) is 8. The molecule has 3 aromatic rings. The summed E-state index contributed by atoms with van der Waals surface area (Å²) in [4.78, 5) is 22.6. The number of thioether (sulfide) groups is 2. The van der Waals surface area contributed by atoms with E-state index in [1.54, 1.807) is 0 Å². The van der Waals surface area contributed by atoms with Crippen LogP contribution in [0.3, 0.4) is 0 Å². The largest absolute Gasteiger partial charge is 0.304 e. The molecule has 0 aliphatic carbocycles. The first-order valence-electron chi connectivity index (χ1n) is 15.5. The number of rotatable bonds is 18. The maximum atomic E-state index is 5.00. The molecule has 0 bridgehead atoms. The van der Waals surface area contributed by atoms with E-state index in [9.17, 15) is 0 Å². The van der Waals surface area contributed by atoms with Crippen molar-refractivity contribution in [3.63, 3.8) is 0 Å². The van der Waals surface area contributed by atoms with Crippen LogP contribution in [0.25, 0.3) is 21.8 Å². The molecule has 3 rings (SSSR count). The first-order chi connectivity index (χ1) is 19.7. The van der Waals surface area contributed by atoms with Gasteiger partial charge in [0, 0.05) is 88.3 Å². The standard InChI is InChI=1S/C33H54N6S2/c1-10-38(11-2)16-14-36(8)18-20-40-30-22-25(5)34-32-27(7)33-29(24-28(30)32)31(23-26(6)35-33)41-21-19-37(9)15-17-39(12-3)13-4/h22-24H,10-21H2,1-9H3. The molecule has 0 amide bonds. The van der Waals surface area contributed by atoms with Crippen molar-refractivity contribution in [1.29, 1.82) is 0 Å².